The number of fused-ring (bicyclic) bond motifs is 1. The number of amides is 1. The number of hydrogen-bond donors (Lipinski definition) is 1. The molecule has 1 N–H and O–H groups in total. The maximum atomic E-state index is 11.4. The van der Waals surface area contributed by atoms with Gasteiger partial charge in [-0.25, -0.2) is 4.39 Å². The summed E-state index contributed by atoms with van der Waals surface area (Å²) in [6.45, 7) is 5.20. The highest BCUT2D eigenvalue weighted by Crippen LogP contribution is 2.33. The molecule has 21 heavy (non-hydrogen) atoms. The van der Waals surface area contributed by atoms with E-state index in [4.69, 9.17) is 23.2 Å². The van der Waals surface area contributed by atoms with Gasteiger partial charge in [0.15, 0.2) is 0 Å². The van der Waals surface area contributed by atoms with Gasteiger partial charge in [0, 0.05) is 21.2 Å². The normalized spacial score (nSPS) is 15.0. The monoisotopic (exact) mass is 325 g/mol. The number of rotatable bonds is 2. The molecule has 1 aliphatic heterocycles. The highest BCUT2D eigenvalue weighted by Gasteiger charge is 2.22. The summed E-state index contributed by atoms with van der Waals surface area (Å²) in [5, 5.41) is 3.77. The first-order chi connectivity index (χ1) is 9.99. The van der Waals surface area contributed by atoms with Crippen LogP contribution in [0.2, 0.25) is 5.02 Å². The van der Waals surface area contributed by atoms with Crippen molar-refractivity contribution in [1.82, 2.24) is 0 Å². The van der Waals surface area contributed by atoms with Crippen molar-refractivity contribution in [3.63, 3.8) is 0 Å². The molecule has 0 spiro atoms. The molecule has 2 rings (SSSR count). The molecule has 0 saturated carbocycles. The van der Waals surface area contributed by atoms with Gasteiger partial charge in [0.1, 0.15) is 0 Å². The van der Waals surface area contributed by atoms with E-state index in [0.717, 1.165) is 11.3 Å². The van der Waals surface area contributed by atoms with Crippen molar-refractivity contribution in [3.05, 3.63) is 71.0 Å². The van der Waals surface area contributed by atoms with E-state index >= 15 is 0 Å². The summed E-state index contributed by atoms with van der Waals surface area (Å²) in [4.78, 5) is 11.4. The molecular weight excluding hydrogens is 312 g/mol. The van der Waals surface area contributed by atoms with Crippen LogP contribution in [0.5, 0.6) is 0 Å². The molecule has 5 heteroatoms. The van der Waals surface area contributed by atoms with Crippen LogP contribution in [0.1, 0.15) is 12.5 Å². The van der Waals surface area contributed by atoms with Gasteiger partial charge in [0.05, 0.1) is 12.0 Å². The fraction of sp³-hybridized carbons (Fsp3) is 0.0625. The summed E-state index contributed by atoms with van der Waals surface area (Å²) in [6.07, 6.45) is 6.42. The van der Waals surface area contributed by atoms with Gasteiger partial charge in [-0.2, -0.15) is 0 Å². The zero-order chi connectivity index (χ0) is 15.8. The quantitative estimate of drug-likeness (QED) is 0.566. The van der Waals surface area contributed by atoms with Crippen molar-refractivity contribution in [2.24, 2.45) is 0 Å². The maximum Gasteiger partial charge on any atom is 0.256 e. The molecule has 0 aromatic heterocycles. The molecule has 2 nitrogen and oxygen atoms in total. The van der Waals surface area contributed by atoms with Gasteiger partial charge in [-0.1, -0.05) is 48.0 Å². The molecule has 0 aliphatic carbocycles. The van der Waals surface area contributed by atoms with Crippen molar-refractivity contribution in [1.29, 1.82) is 0 Å². The Kier molecular flexibility index (Phi) is 6.92. The lowest BCUT2D eigenvalue weighted by Crippen LogP contribution is -2.03. The molecule has 0 fully saturated rings. The summed E-state index contributed by atoms with van der Waals surface area (Å²) in [7, 11) is 0. The Labute approximate surface area is 133 Å². The lowest BCUT2D eigenvalue weighted by atomic mass is 10.1. The average molecular weight is 326 g/mol. The number of anilines is 1. The Morgan fingerprint density at radius 1 is 1.38 bits per heavy atom. The zero-order valence-electron chi connectivity index (χ0n) is 11.4. The summed E-state index contributed by atoms with van der Waals surface area (Å²) >= 11 is 11.1. The van der Waals surface area contributed by atoms with E-state index in [2.05, 4.69) is 11.9 Å². The minimum Gasteiger partial charge on any atom is -0.321 e. The van der Waals surface area contributed by atoms with E-state index < -0.39 is 0 Å². The summed E-state index contributed by atoms with van der Waals surface area (Å²) in [5.41, 5.74) is 2.44. The topological polar surface area (TPSA) is 29.1 Å². The molecule has 1 aliphatic rings. The van der Waals surface area contributed by atoms with Gasteiger partial charge in [-0.05, 0) is 31.2 Å². The first kappa shape index (κ1) is 17.2. The highest BCUT2D eigenvalue weighted by molar-refractivity contribution is 6.34. The smallest absolute Gasteiger partial charge is 0.256 e. The second kappa shape index (κ2) is 8.45. The van der Waals surface area contributed by atoms with Gasteiger partial charge >= 0.3 is 0 Å². The predicted molar refractivity (Wildman–Crippen MR) is 88.1 cm³/mol. The van der Waals surface area contributed by atoms with Gasteiger partial charge < -0.3 is 5.32 Å². The Morgan fingerprint density at radius 3 is 2.67 bits per heavy atom. The Morgan fingerprint density at radius 2 is 2.10 bits per heavy atom. The highest BCUT2D eigenvalue weighted by atomic mass is 35.5. The first-order valence-corrected chi connectivity index (χ1v) is 6.80. The number of carbonyl (C=O) groups is 1. The van der Waals surface area contributed by atoms with E-state index in [1.165, 1.54) is 18.2 Å². The average Bonchev–Trinajstić information content (AvgIpc) is 2.73. The molecule has 0 bridgehead atoms. The van der Waals surface area contributed by atoms with E-state index in [0.29, 0.717) is 22.0 Å². The molecule has 110 valence electrons. The molecule has 0 unspecified atom stereocenters. The predicted octanol–water partition coefficient (Wildman–Crippen LogP) is 5.47. The van der Waals surface area contributed by atoms with E-state index in [-0.39, 0.29) is 5.91 Å². The molecule has 0 radical (unpaired) electrons. The lowest BCUT2D eigenvalue weighted by Gasteiger charge is -1.97. The van der Waals surface area contributed by atoms with Crippen molar-refractivity contribution in [2.75, 3.05) is 5.32 Å². The molecule has 0 saturated heterocycles. The SMILES string of the molecule is C/C=C1/C(=O)Nc2cc(Cl)ccc21.C=C(Cl)/C=C\C=C/F. The van der Waals surface area contributed by atoms with Crippen LogP contribution in [0.25, 0.3) is 5.57 Å². The standard InChI is InChI=1S/C10H8ClNO.C6H6ClF/c1-2-7-8-4-3-6(11)5-9(8)12-10(7)13;1-6(7)4-2-3-5-8/h2-5H,1H3,(H,12,13);2-5H,1H2/b7-2+;4-2-,5-3-. The largest absolute Gasteiger partial charge is 0.321 e. The third-order valence-corrected chi connectivity index (χ3v) is 2.88. The number of carbonyl (C=O) groups excluding carboxylic acids is 1. The van der Waals surface area contributed by atoms with Crippen molar-refractivity contribution < 1.29 is 9.18 Å². The summed E-state index contributed by atoms with van der Waals surface area (Å²) in [5.74, 6) is -0.0558. The lowest BCUT2D eigenvalue weighted by molar-refractivity contribution is -0.110. The summed E-state index contributed by atoms with van der Waals surface area (Å²) < 4.78 is 11.1. The van der Waals surface area contributed by atoms with Gasteiger partial charge in [0.25, 0.3) is 5.91 Å². The fourth-order valence-electron chi connectivity index (χ4n) is 1.66. The number of halogens is 3. The first-order valence-electron chi connectivity index (χ1n) is 6.05. The second-order valence-electron chi connectivity index (χ2n) is 3.97. The number of hydrogen-bond acceptors (Lipinski definition) is 1. The van der Waals surface area contributed by atoms with Crippen LogP contribution in [-0.2, 0) is 4.79 Å². The van der Waals surface area contributed by atoms with Gasteiger partial charge in [0.2, 0.25) is 0 Å². The Hall–Kier alpha value is -1.84. The fourth-order valence-corrected chi connectivity index (χ4v) is 1.90. The third kappa shape index (κ3) is 5.21. The van der Waals surface area contributed by atoms with E-state index in [9.17, 15) is 9.18 Å². The molecule has 1 aromatic rings. The Bertz CT molecular complexity index is 633. The Balaban J connectivity index is 0.000000240. The van der Waals surface area contributed by atoms with Crippen LogP contribution >= 0.6 is 23.2 Å². The van der Waals surface area contributed by atoms with Crippen LogP contribution < -0.4 is 5.32 Å². The number of nitrogens with one attached hydrogen (secondary N) is 1. The van der Waals surface area contributed by atoms with Crippen molar-refractivity contribution >= 4 is 40.4 Å². The zero-order valence-corrected chi connectivity index (χ0v) is 12.9. The molecule has 1 heterocycles. The molecule has 1 aromatic carbocycles. The van der Waals surface area contributed by atoms with Crippen LogP contribution in [0.4, 0.5) is 10.1 Å². The molecule has 1 amide bonds. The molecular formula is C16H14Cl2FNO. The van der Waals surface area contributed by atoms with Crippen molar-refractivity contribution in [3.8, 4) is 0 Å². The number of allylic oxidation sites excluding steroid dienone is 5. The van der Waals surface area contributed by atoms with Gasteiger partial charge in [-0.15, -0.1) is 0 Å². The van der Waals surface area contributed by atoms with Crippen LogP contribution in [0.3, 0.4) is 0 Å². The van der Waals surface area contributed by atoms with Crippen LogP contribution in [0, 0.1) is 0 Å². The van der Waals surface area contributed by atoms with Gasteiger partial charge in [-0.3, -0.25) is 4.79 Å². The third-order valence-electron chi connectivity index (χ3n) is 2.51. The van der Waals surface area contributed by atoms with E-state index in [1.807, 2.05) is 13.0 Å². The van der Waals surface area contributed by atoms with Crippen LogP contribution in [0.15, 0.2) is 60.4 Å². The minimum absolute atomic E-state index is 0.0558. The van der Waals surface area contributed by atoms with Crippen molar-refractivity contribution in [2.45, 2.75) is 6.92 Å². The number of benzene rings is 1. The summed E-state index contributed by atoms with van der Waals surface area (Å²) in [6, 6.07) is 5.39. The minimum atomic E-state index is -0.0558. The second-order valence-corrected chi connectivity index (χ2v) is 4.89. The maximum absolute atomic E-state index is 11.4. The molecule has 0 atom stereocenters. The van der Waals surface area contributed by atoms with E-state index in [1.54, 1.807) is 18.2 Å². The van der Waals surface area contributed by atoms with Crippen LogP contribution in [-0.4, -0.2) is 5.91 Å².